The van der Waals surface area contributed by atoms with Crippen LogP contribution in [-0.2, 0) is 26.4 Å². The molecule has 1 fully saturated rings. The summed E-state index contributed by atoms with van der Waals surface area (Å²) < 4.78 is 37.1. The first-order chi connectivity index (χ1) is 11.0. The van der Waals surface area contributed by atoms with Gasteiger partial charge >= 0.3 is 16.1 Å². The Morgan fingerprint density at radius 3 is 2.28 bits per heavy atom. The zero-order chi connectivity index (χ0) is 18.7. The van der Waals surface area contributed by atoms with Crippen molar-refractivity contribution in [1.29, 1.82) is 5.41 Å². The second-order valence-electron chi connectivity index (χ2n) is 4.77. The van der Waals surface area contributed by atoms with Gasteiger partial charge in [-0.1, -0.05) is 0 Å². The zero-order valence-corrected chi connectivity index (χ0v) is 14.1. The maximum absolute atomic E-state index is 11.9. The van der Waals surface area contributed by atoms with Gasteiger partial charge in [-0.3, -0.25) is 23.3 Å². The van der Waals surface area contributed by atoms with Gasteiger partial charge in [0.1, 0.15) is 23.8 Å². The van der Waals surface area contributed by atoms with Gasteiger partial charge in [0, 0.05) is 13.2 Å². The quantitative estimate of drug-likeness (QED) is 0.318. The van der Waals surface area contributed by atoms with Gasteiger partial charge in [-0.2, -0.15) is 8.42 Å². The highest BCUT2D eigenvalue weighted by atomic mass is 32.3. The fraction of sp³-hybridized carbons (Fsp3) is 0.636. The molecule has 0 aliphatic carbocycles. The molecule has 1 aromatic rings. The van der Waals surface area contributed by atoms with Crippen molar-refractivity contribution in [1.82, 2.24) is 9.13 Å². The molecule has 0 radical (unpaired) electrons. The van der Waals surface area contributed by atoms with Gasteiger partial charge in [-0.25, -0.2) is 4.79 Å². The number of aliphatic hydroxyl groups is 3. The third-order valence-electron chi connectivity index (χ3n) is 3.26. The molecule has 0 saturated carbocycles. The highest BCUT2D eigenvalue weighted by molar-refractivity contribution is 7.80. The predicted octanol–water partition coefficient (Wildman–Crippen LogP) is -4.11. The van der Waals surface area contributed by atoms with Gasteiger partial charge in [0.2, 0.25) is 0 Å². The smallest absolute Gasteiger partial charge is 0.397 e. The lowest BCUT2D eigenvalue weighted by molar-refractivity contribution is -0.0555. The lowest BCUT2D eigenvalue weighted by Crippen LogP contribution is -2.41. The largest absolute Gasteiger partial charge is 0.412 e. The molecule has 0 spiro atoms. The van der Waals surface area contributed by atoms with Crippen LogP contribution in [0.2, 0.25) is 0 Å². The number of nitrogens with zero attached hydrogens (tertiary/aromatic N) is 2. The van der Waals surface area contributed by atoms with Crippen LogP contribution in [0.15, 0.2) is 17.1 Å². The number of nitrogens with one attached hydrogen (secondary N) is 1. The van der Waals surface area contributed by atoms with Crippen molar-refractivity contribution < 1.29 is 42.7 Å². The van der Waals surface area contributed by atoms with Crippen LogP contribution in [0.4, 0.5) is 0 Å². The molecular formula is C11H21N3O10S. The molecule has 4 atom stereocenters. The van der Waals surface area contributed by atoms with Gasteiger partial charge in [-0.15, -0.1) is 0 Å². The van der Waals surface area contributed by atoms with Gasteiger partial charge in [0.05, 0.1) is 13.7 Å². The van der Waals surface area contributed by atoms with Crippen LogP contribution in [0.1, 0.15) is 6.23 Å². The summed E-state index contributed by atoms with van der Waals surface area (Å²) in [4.78, 5) is 11.9. The average molecular weight is 387 g/mol. The Bertz CT molecular complexity index is 773. The number of hydrogen-bond donors (Lipinski definition) is 5. The van der Waals surface area contributed by atoms with Crippen LogP contribution in [0.5, 0.6) is 0 Å². The number of rotatable bonds is 3. The molecular weight excluding hydrogens is 366 g/mol. The standard InChI is InChI=1S/C10H15N3O5.CH4O4S.H2O/c1-12-6(11)2-3-13(10(12)17)9-8(16)7(15)5(4-14)18-9;1-5-6(2,3)4;/h2-3,5,7-9,11,14-16H,4H2,1H3;1H3,(H,2,3,4);1H2/t5-,7-,8-,9-;;/m1../s1. The summed E-state index contributed by atoms with van der Waals surface area (Å²) in [5, 5.41) is 35.8. The maximum Gasteiger partial charge on any atom is 0.397 e. The van der Waals surface area contributed by atoms with E-state index in [9.17, 15) is 23.4 Å². The summed E-state index contributed by atoms with van der Waals surface area (Å²) in [7, 11) is -1.87. The first kappa shape index (κ1) is 23.4. The van der Waals surface area contributed by atoms with E-state index in [4.69, 9.17) is 19.8 Å². The van der Waals surface area contributed by atoms with Gasteiger partial charge in [-0.05, 0) is 6.07 Å². The molecule has 0 aromatic carbocycles. The Kier molecular flexibility index (Phi) is 8.56. The Labute approximate surface area is 142 Å². The second-order valence-corrected chi connectivity index (χ2v) is 5.96. The van der Waals surface area contributed by atoms with Crippen LogP contribution in [0.25, 0.3) is 0 Å². The van der Waals surface area contributed by atoms with E-state index in [2.05, 4.69) is 4.18 Å². The minimum absolute atomic E-state index is 0. The van der Waals surface area contributed by atoms with Crippen molar-refractivity contribution in [2.45, 2.75) is 24.5 Å². The monoisotopic (exact) mass is 387 g/mol. The highest BCUT2D eigenvalue weighted by Gasteiger charge is 2.43. The molecule has 0 unspecified atom stereocenters. The van der Waals surface area contributed by atoms with E-state index < -0.39 is 47.2 Å². The number of aromatic nitrogens is 2. The molecule has 1 aliphatic heterocycles. The molecule has 2 heterocycles. The van der Waals surface area contributed by atoms with Crippen LogP contribution >= 0.6 is 0 Å². The zero-order valence-electron chi connectivity index (χ0n) is 13.3. The molecule has 0 amide bonds. The van der Waals surface area contributed by atoms with Gasteiger partial charge < -0.3 is 25.5 Å². The van der Waals surface area contributed by atoms with Crippen molar-refractivity contribution >= 4 is 10.4 Å². The first-order valence-electron chi connectivity index (χ1n) is 6.51. The molecule has 14 heteroatoms. The molecule has 1 saturated heterocycles. The second kappa shape index (κ2) is 9.16. The number of ether oxygens (including phenoxy) is 1. The van der Waals surface area contributed by atoms with E-state index in [1.807, 2.05) is 0 Å². The SMILES string of the molecule is COS(=O)(=O)O.Cn1c(=N)ccn([C@@H]2O[C@H](CO)[C@@H](O)[C@H]2O)c1=O.O. The van der Waals surface area contributed by atoms with Crippen molar-refractivity contribution in [3.05, 3.63) is 28.2 Å². The predicted molar refractivity (Wildman–Crippen MR) is 80.7 cm³/mol. The summed E-state index contributed by atoms with van der Waals surface area (Å²) in [5.74, 6) is 0. The average Bonchev–Trinajstić information content (AvgIpc) is 2.81. The van der Waals surface area contributed by atoms with E-state index in [1.54, 1.807) is 0 Å². The van der Waals surface area contributed by atoms with Crippen molar-refractivity contribution in [3.8, 4) is 0 Å². The molecule has 13 nitrogen and oxygen atoms in total. The molecule has 25 heavy (non-hydrogen) atoms. The summed E-state index contributed by atoms with van der Waals surface area (Å²) in [6, 6.07) is 1.37. The van der Waals surface area contributed by atoms with Crippen LogP contribution in [0.3, 0.4) is 0 Å². The lowest BCUT2D eigenvalue weighted by Gasteiger charge is -2.18. The van der Waals surface area contributed by atoms with Crippen LogP contribution in [-0.4, -0.2) is 74.9 Å². The lowest BCUT2D eigenvalue weighted by atomic mass is 10.1. The van der Waals surface area contributed by atoms with E-state index in [1.165, 1.54) is 19.3 Å². The van der Waals surface area contributed by atoms with Crippen molar-refractivity contribution in [3.63, 3.8) is 0 Å². The van der Waals surface area contributed by atoms with E-state index in [0.717, 1.165) is 16.2 Å². The fourth-order valence-corrected chi connectivity index (χ4v) is 1.91. The normalized spacial score (nSPS) is 25.7. The fourth-order valence-electron chi connectivity index (χ4n) is 1.91. The van der Waals surface area contributed by atoms with E-state index >= 15 is 0 Å². The Hall–Kier alpha value is -1.65. The molecule has 7 N–H and O–H groups in total. The molecule has 1 aliphatic rings. The maximum atomic E-state index is 11.9. The summed E-state index contributed by atoms with van der Waals surface area (Å²) >= 11 is 0. The number of aliphatic hydroxyl groups excluding tert-OH is 3. The third-order valence-corrected chi connectivity index (χ3v) is 3.69. The molecule has 0 bridgehead atoms. The van der Waals surface area contributed by atoms with Gasteiger partial charge in [0.25, 0.3) is 0 Å². The molecule has 1 aromatic heterocycles. The first-order valence-corrected chi connectivity index (χ1v) is 7.88. The molecule has 2 rings (SSSR count). The molecule has 146 valence electrons. The minimum atomic E-state index is -4.16. The summed E-state index contributed by atoms with van der Waals surface area (Å²) in [6.07, 6.45) is -3.26. The highest BCUT2D eigenvalue weighted by Crippen LogP contribution is 2.27. The Morgan fingerprint density at radius 1 is 1.36 bits per heavy atom. The van der Waals surface area contributed by atoms with Crippen molar-refractivity contribution in [2.24, 2.45) is 7.05 Å². The van der Waals surface area contributed by atoms with Gasteiger partial charge in [0.15, 0.2) is 6.23 Å². The minimum Gasteiger partial charge on any atom is -0.412 e. The Morgan fingerprint density at radius 2 is 1.88 bits per heavy atom. The van der Waals surface area contributed by atoms with Crippen LogP contribution in [0, 0.1) is 5.41 Å². The third kappa shape index (κ3) is 5.68. The topological polar surface area (TPSA) is 216 Å². The van der Waals surface area contributed by atoms with E-state index in [-0.39, 0.29) is 11.0 Å². The van der Waals surface area contributed by atoms with Crippen LogP contribution < -0.4 is 11.2 Å². The number of hydrogen-bond acceptors (Lipinski definition) is 9. The Balaban J connectivity index is 0.000000715. The summed E-state index contributed by atoms with van der Waals surface area (Å²) in [5.41, 5.74) is -0.527. The summed E-state index contributed by atoms with van der Waals surface area (Å²) in [6.45, 7) is -0.452. The van der Waals surface area contributed by atoms with Crippen molar-refractivity contribution in [2.75, 3.05) is 13.7 Å². The van der Waals surface area contributed by atoms with E-state index in [0.29, 0.717) is 0 Å².